The van der Waals surface area contributed by atoms with Crippen molar-refractivity contribution in [2.45, 2.75) is 32.9 Å². The van der Waals surface area contributed by atoms with E-state index in [2.05, 4.69) is 117 Å². The molecule has 3 aromatic rings. The van der Waals surface area contributed by atoms with E-state index in [1.54, 1.807) is 0 Å². The maximum Gasteiger partial charge on any atom is 0.119 e. The quantitative estimate of drug-likeness (QED) is 0.369. The monoisotopic (exact) mass is 370 g/mol. The second kappa shape index (κ2) is 9.01. The van der Waals surface area contributed by atoms with Crippen LogP contribution in [0.25, 0.3) is 0 Å². The summed E-state index contributed by atoms with van der Waals surface area (Å²) in [5.74, 6) is 0.553. The largest absolute Gasteiger partial charge is 0.119 e. The number of hydrogen-bond donors (Lipinski definition) is 0. The molecule has 0 N–H and O–H groups in total. The van der Waals surface area contributed by atoms with Crippen LogP contribution in [-0.2, 0) is 6.42 Å². The lowest BCUT2D eigenvalue weighted by Crippen LogP contribution is -2.55. The van der Waals surface area contributed by atoms with E-state index in [-0.39, 0.29) is 0 Å². The zero-order chi connectivity index (χ0) is 19.1. The molecule has 0 fully saturated rings. The van der Waals surface area contributed by atoms with Gasteiger partial charge in [0.2, 0.25) is 0 Å². The predicted octanol–water partition coefficient (Wildman–Crippen LogP) is 5.70. The van der Waals surface area contributed by atoms with E-state index in [1.807, 2.05) is 0 Å². The van der Waals surface area contributed by atoms with Crippen molar-refractivity contribution in [2.75, 3.05) is 0 Å². The highest BCUT2D eigenvalue weighted by atomic mass is 28.3. The molecule has 0 aliphatic heterocycles. The summed E-state index contributed by atoms with van der Waals surface area (Å²) >= 11 is 0. The summed E-state index contributed by atoms with van der Waals surface area (Å²) in [5, 5.41) is 3.03. The van der Waals surface area contributed by atoms with Gasteiger partial charge in [-0.05, 0) is 30.9 Å². The van der Waals surface area contributed by atoms with Crippen molar-refractivity contribution < 1.29 is 0 Å². The molecule has 1 heteroatoms. The zero-order valence-electron chi connectivity index (χ0n) is 16.7. The van der Waals surface area contributed by atoms with Gasteiger partial charge in [-0.3, -0.25) is 0 Å². The van der Waals surface area contributed by atoms with Gasteiger partial charge in [0, 0.05) is 0 Å². The standard InChI is InChI=1S/C26H30Si/c1-22(20-24-13-7-4-8-14-24)19-23(2)21-27(3,25-15-9-5-10-16-25)26-17-11-6-12-18-26/h4-19,22H,20-21H2,1-3H3. The van der Waals surface area contributed by atoms with Gasteiger partial charge in [0.25, 0.3) is 0 Å². The fourth-order valence-corrected chi connectivity index (χ4v) is 7.96. The van der Waals surface area contributed by atoms with Crippen molar-refractivity contribution >= 4 is 18.4 Å². The Hall–Kier alpha value is -2.38. The molecule has 0 aliphatic carbocycles. The SMILES string of the molecule is CC(=CC(C)Cc1ccccc1)C[Si](C)(c1ccccc1)c1ccccc1. The summed E-state index contributed by atoms with van der Waals surface area (Å²) in [7, 11) is -1.79. The first-order valence-corrected chi connectivity index (χ1v) is 12.6. The first kappa shape index (κ1) is 19.4. The summed E-state index contributed by atoms with van der Waals surface area (Å²) in [6.45, 7) is 7.16. The number of rotatable bonds is 7. The van der Waals surface area contributed by atoms with Gasteiger partial charge in [-0.2, -0.15) is 0 Å². The van der Waals surface area contributed by atoms with E-state index < -0.39 is 8.07 Å². The molecule has 0 saturated heterocycles. The molecule has 3 aromatic carbocycles. The molecule has 0 aliphatic rings. The first-order chi connectivity index (χ1) is 13.1. The maximum atomic E-state index is 2.51. The Kier molecular flexibility index (Phi) is 6.47. The van der Waals surface area contributed by atoms with E-state index in [4.69, 9.17) is 0 Å². The van der Waals surface area contributed by atoms with E-state index in [0.717, 1.165) is 6.42 Å². The fraction of sp³-hybridized carbons (Fsp3) is 0.231. The van der Waals surface area contributed by atoms with Gasteiger partial charge < -0.3 is 0 Å². The minimum Gasteiger partial charge on any atom is -0.0827 e. The van der Waals surface area contributed by atoms with E-state index in [1.165, 1.54) is 27.6 Å². The first-order valence-electron chi connectivity index (χ1n) is 9.90. The van der Waals surface area contributed by atoms with Crippen molar-refractivity contribution in [3.8, 4) is 0 Å². The average molecular weight is 371 g/mol. The van der Waals surface area contributed by atoms with E-state index >= 15 is 0 Å². The zero-order valence-corrected chi connectivity index (χ0v) is 17.7. The molecule has 138 valence electrons. The molecule has 0 radical (unpaired) electrons. The van der Waals surface area contributed by atoms with Crippen molar-refractivity contribution in [3.05, 3.63) is 108 Å². The Morgan fingerprint density at radius 3 is 1.70 bits per heavy atom. The van der Waals surface area contributed by atoms with Crippen LogP contribution < -0.4 is 10.4 Å². The van der Waals surface area contributed by atoms with Crippen LogP contribution in [0.4, 0.5) is 0 Å². The lowest BCUT2D eigenvalue weighted by Gasteiger charge is -2.29. The molecule has 0 bridgehead atoms. The molecule has 0 amide bonds. The van der Waals surface area contributed by atoms with Crippen molar-refractivity contribution in [1.82, 2.24) is 0 Å². The van der Waals surface area contributed by atoms with Gasteiger partial charge in [0.1, 0.15) is 8.07 Å². The Bertz CT molecular complexity index is 811. The summed E-state index contributed by atoms with van der Waals surface area (Å²) in [4.78, 5) is 0. The van der Waals surface area contributed by atoms with E-state index in [0.29, 0.717) is 5.92 Å². The molecule has 3 rings (SSSR count). The molecule has 0 nitrogen and oxygen atoms in total. The fourth-order valence-electron chi connectivity index (χ4n) is 4.13. The third kappa shape index (κ3) is 5.08. The topological polar surface area (TPSA) is 0 Å². The summed E-state index contributed by atoms with van der Waals surface area (Å²) in [6.07, 6.45) is 3.59. The summed E-state index contributed by atoms with van der Waals surface area (Å²) < 4.78 is 0. The number of hydrogen-bond acceptors (Lipinski definition) is 0. The van der Waals surface area contributed by atoms with Crippen LogP contribution in [0.2, 0.25) is 12.6 Å². The Morgan fingerprint density at radius 1 is 0.778 bits per heavy atom. The summed E-state index contributed by atoms with van der Waals surface area (Å²) in [5.41, 5.74) is 2.93. The van der Waals surface area contributed by atoms with Crippen molar-refractivity contribution in [1.29, 1.82) is 0 Å². The number of benzene rings is 3. The molecule has 0 saturated carbocycles. The smallest absolute Gasteiger partial charge is 0.0827 e. The molecular weight excluding hydrogens is 340 g/mol. The molecule has 1 unspecified atom stereocenters. The highest BCUT2D eigenvalue weighted by molar-refractivity contribution is 7.01. The van der Waals surface area contributed by atoms with Gasteiger partial charge in [-0.15, -0.1) is 0 Å². The molecule has 0 spiro atoms. The highest BCUT2D eigenvalue weighted by Gasteiger charge is 2.31. The molecule has 0 aromatic heterocycles. The molecular formula is C26H30Si. The Morgan fingerprint density at radius 2 is 1.22 bits per heavy atom. The minimum atomic E-state index is -1.79. The molecule has 1 atom stereocenters. The lowest BCUT2D eigenvalue weighted by molar-refractivity contribution is 0.717. The van der Waals surface area contributed by atoms with Gasteiger partial charge in [-0.1, -0.05) is 126 Å². The van der Waals surface area contributed by atoms with Crippen LogP contribution in [0, 0.1) is 5.92 Å². The Labute approximate surface area is 165 Å². The minimum absolute atomic E-state index is 0.553. The van der Waals surface area contributed by atoms with Crippen molar-refractivity contribution in [3.63, 3.8) is 0 Å². The lowest BCUT2D eigenvalue weighted by atomic mass is 9.99. The van der Waals surface area contributed by atoms with Crippen LogP contribution in [0.1, 0.15) is 19.4 Å². The average Bonchev–Trinajstić information content (AvgIpc) is 2.69. The molecule has 27 heavy (non-hydrogen) atoms. The second-order valence-corrected chi connectivity index (χ2v) is 12.1. The Balaban J connectivity index is 1.84. The van der Waals surface area contributed by atoms with Crippen LogP contribution in [0.5, 0.6) is 0 Å². The maximum absolute atomic E-state index is 2.51. The van der Waals surface area contributed by atoms with E-state index in [9.17, 15) is 0 Å². The van der Waals surface area contributed by atoms with Gasteiger partial charge in [-0.25, -0.2) is 0 Å². The highest BCUT2D eigenvalue weighted by Crippen LogP contribution is 2.20. The number of allylic oxidation sites excluding steroid dienone is 2. The van der Waals surface area contributed by atoms with Crippen LogP contribution in [0.3, 0.4) is 0 Å². The third-order valence-electron chi connectivity index (χ3n) is 5.42. The van der Waals surface area contributed by atoms with Crippen LogP contribution in [0.15, 0.2) is 103 Å². The van der Waals surface area contributed by atoms with Crippen LogP contribution >= 0.6 is 0 Å². The second-order valence-electron chi connectivity index (χ2n) is 7.92. The van der Waals surface area contributed by atoms with Gasteiger partial charge in [0.05, 0.1) is 0 Å². The van der Waals surface area contributed by atoms with Crippen LogP contribution in [-0.4, -0.2) is 8.07 Å². The van der Waals surface area contributed by atoms with Gasteiger partial charge >= 0.3 is 0 Å². The summed E-state index contributed by atoms with van der Waals surface area (Å²) in [6, 6.07) is 34.2. The van der Waals surface area contributed by atoms with Crippen molar-refractivity contribution in [2.24, 2.45) is 5.92 Å². The third-order valence-corrected chi connectivity index (χ3v) is 9.90. The molecule has 0 heterocycles. The normalized spacial score (nSPS) is 13.4. The van der Waals surface area contributed by atoms with Gasteiger partial charge in [0.15, 0.2) is 0 Å². The predicted molar refractivity (Wildman–Crippen MR) is 122 cm³/mol.